The van der Waals surface area contributed by atoms with Gasteiger partial charge in [0, 0.05) is 22.8 Å². The first-order valence-corrected chi connectivity index (χ1v) is 9.81. The summed E-state index contributed by atoms with van der Waals surface area (Å²) in [6, 6.07) is 6.28. The van der Waals surface area contributed by atoms with E-state index in [1.54, 1.807) is 6.20 Å². The lowest BCUT2D eigenvalue weighted by Crippen LogP contribution is -2.28. The second-order valence-corrected chi connectivity index (χ2v) is 7.88. The fourth-order valence-corrected chi connectivity index (χ4v) is 3.88. The van der Waals surface area contributed by atoms with E-state index in [1.807, 2.05) is 35.3 Å². The van der Waals surface area contributed by atoms with E-state index < -0.39 is 6.09 Å². The van der Waals surface area contributed by atoms with Crippen molar-refractivity contribution in [3.8, 4) is 11.3 Å². The summed E-state index contributed by atoms with van der Waals surface area (Å²) in [6.45, 7) is 0.527. The van der Waals surface area contributed by atoms with Crippen molar-refractivity contribution in [3.63, 3.8) is 0 Å². The van der Waals surface area contributed by atoms with Crippen molar-refractivity contribution in [2.45, 2.75) is 31.7 Å². The third-order valence-electron chi connectivity index (χ3n) is 5.05. The molecule has 2 N–H and O–H groups in total. The lowest BCUT2D eigenvalue weighted by molar-refractivity contribution is 0.168. The Balaban J connectivity index is 1.36. The number of hydrogen-bond donors (Lipinski definition) is 2. The number of fused-ring (bicyclic) bond motifs is 1. The van der Waals surface area contributed by atoms with Gasteiger partial charge in [-0.3, -0.25) is 9.67 Å². The van der Waals surface area contributed by atoms with Crippen LogP contribution in [0.1, 0.15) is 31.7 Å². The fraction of sp³-hybridized carbons (Fsp3) is 0.368. The number of carboxylic acid groups (broad SMARTS) is 1. The van der Waals surface area contributed by atoms with E-state index in [2.05, 4.69) is 31.3 Å². The van der Waals surface area contributed by atoms with Gasteiger partial charge in [-0.2, -0.15) is 5.10 Å². The van der Waals surface area contributed by atoms with Crippen molar-refractivity contribution in [2.75, 3.05) is 6.54 Å². The van der Waals surface area contributed by atoms with Gasteiger partial charge in [-0.15, -0.1) is 0 Å². The molecule has 1 saturated carbocycles. The highest BCUT2D eigenvalue weighted by Gasteiger charge is 2.30. The van der Waals surface area contributed by atoms with Gasteiger partial charge in [-0.25, -0.2) is 9.78 Å². The normalized spacial score (nSPS) is 19.0. The number of halogens is 1. The molecular formula is C19H20BrN5O2. The first-order chi connectivity index (χ1) is 13.1. The molecule has 1 aliphatic carbocycles. The zero-order valence-electron chi connectivity index (χ0n) is 14.7. The summed E-state index contributed by atoms with van der Waals surface area (Å²) in [6.07, 6.45) is 8.84. The van der Waals surface area contributed by atoms with Crippen LogP contribution in [-0.4, -0.2) is 37.5 Å². The van der Waals surface area contributed by atoms with Gasteiger partial charge in [-0.05, 0) is 49.8 Å². The zero-order chi connectivity index (χ0) is 18.8. The van der Waals surface area contributed by atoms with Crippen LogP contribution >= 0.6 is 15.9 Å². The summed E-state index contributed by atoms with van der Waals surface area (Å²) < 4.78 is 3.00. The van der Waals surface area contributed by atoms with Gasteiger partial charge in [0.25, 0.3) is 0 Å². The molecule has 4 rings (SSSR count). The molecule has 2 heterocycles. The summed E-state index contributed by atoms with van der Waals surface area (Å²) in [4.78, 5) is 19.6. The van der Waals surface area contributed by atoms with Crippen LogP contribution < -0.4 is 5.32 Å². The molecule has 1 aliphatic rings. The molecule has 0 radical (unpaired) electrons. The van der Waals surface area contributed by atoms with Crippen LogP contribution in [0.5, 0.6) is 0 Å². The van der Waals surface area contributed by atoms with Gasteiger partial charge in [0.1, 0.15) is 0 Å². The number of benzene rings is 1. The SMILES string of the molecule is O=C(O)NCCCC1CC(n2cc(-c3cnc4ccc(Br)cc4n3)cn2)C1. The predicted molar refractivity (Wildman–Crippen MR) is 105 cm³/mol. The van der Waals surface area contributed by atoms with Crippen LogP contribution in [0.2, 0.25) is 0 Å². The van der Waals surface area contributed by atoms with E-state index in [-0.39, 0.29) is 0 Å². The van der Waals surface area contributed by atoms with Crippen molar-refractivity contribution in [3.05, 3.63) is 41.3 Å². The maximum absolute atomic E-state index is 10.4. The van der Waals surface area contributed by atoms with Gasteiger partial charge < -0.3 is 10.4 Å². The Labute approximate surface area is 165 Å². The Kier molecular flexibility index (Phi) is 5.07. The molecular weight excluding hydrogens is 410 g/mol. The van der Waals surface area contributed by atoms with Gasteiger partial charge >= 0.3 is 6.09 Å². The molecule has 1 fully saturated rings. The molecule has 0 saturated heterocycles. The van der Waals surface area contributed by atoms with Crippen molar-refractivity contribution < 1.29 is 9.90 Å². The second-order valence-electron chi connectivity index (χ2n) is 6.96. The van der Waals surface area contributed by atoms with Crippen LogP contribution in [0, 0.1) is 5.92 Å². The Morgan fingerprint density at radius 3 is 2.96 bits per heavy atom. The highest BCUT2D eigenvalue weighted by atomic mass is 79.9. The zero-order valence-corrected chi connectivity index (χ0v) is 16.3. The second kappa shape index (κ2) is 7.64. The van der Waals surface area contributed by atoms with Crippen LogP contribution in [0.3, 0.4) is 0 Å². The Hall–Kier alpha value is -2.48. The molecule has 1 amide bonds. The largest absolute Gasteiger partial charge is 0.465 e. The molecule has 27 heavy (non-hydrogen) atoms. The standard InChI is InChI=1S/C19H20BrN5O2/c20-14-3-4-16-17(8-14)24-18(10-22-16)13-9-23-25(11-13)15-6-12(7-15)2-1-5-21-19(26)27/h3-4,8-12,15,21H,1-2,5-7H2,(H,26,27). The highest BCUT2D eigenvalue weighted by molar-refractivity contribution is 9.10. The van der Waals surface area contributed by atoms with E-state index in [1.165, 1.54) is 0 Å². The first-order valence-electron chi connectivity index (χ1n) is 9.02. The number of rotatable bonds is 6. The van der Waals surface area contributed by atoms with E-state index in [0.717, 1.165) is 52.4 Å². The van der Waals surface area contributed by atoms with Crippen molar-refractivity contribution in [1.29, 1.82) is 0 Å². The molecule has 1 aromatic carbocycles. The van der Waals surface area contributed by atoms with Crippen LogP contribution in [-0.2, 0) is 0 Å². The predicted octanol–water partition coefficient (Wildman–Crippen LogP) is 4.25. The number of nitrogens with zero attached hydrogens (tertiary/aromatic N) is 4. The first kappa shape index (κ1) is 17.9. The topological polar surface area (TPSA) is 92.9 Å². The number of carbonyl (C=O) groups is 1. The molecule has 7 nitrogen and oxygen atoms in total. The molecule has 3 aromatic rings. The third kappa shape index (κ3) is 4.10. The van der Waals surface area contributed by atoms with Crippen LogP contribution in [0.25, 0.3) is 22.3 Å². The van der Waals surface area contributed by atoms with Crippen molar-refractivity contribution >= 4 is 33.1 Å². The average molecular weight is 430 g/mol. The molecule has 0 atom stereocenters. The summed E-state index contributed by atoms with van der Waals surface area (Å²) in [5.74, 6) is 0.649. The lowest BCUT2D eigenvalue weighted by atomic mass is 9.77. The molecule has 0 spiro atoms. The average Bonchev–Trinajstić information content (AvgIpc) is 3.08. The molecule has 0 unspecified atom stereocenters. The monoisotopic (exact) mass is 429 g/mol. The van der Waals surface area contributed by atoms with Gasteiger partial charge in [-0.1, -0.05) is 15.9 Å². The minimum absolute atomic E-state index is 0.416. The highest BCUT2D eigenvalue weighted by Crippen LogP contribution is 2.40. The third-order valence-corrected chi connectivity index (χ3v) is 5.55. The van der Waals surface area contributed by atoms with Crippen molar-refractivity contribution in [2.24, 2.45) is 5.92 Å². The Morgan fingerprint density at radius 2 is 2.15 bits per heavy atom. The Morgan fingerprint density at radius 1 is 1.30 bits per heavy atom. The van der Waals surface area contributed by atoms with Crippen LogP contribution in [0.4, 0.5) is 4.79 Å². The maximum atomic E-state index is 10.4. The minimum atomic E-state index is -0.949. The van der Waals surface area contributed by atoms with E-state index in [4.69, 9.17) is 10.1 Å². The summed E-state index contributed by atoms with van der Waals surface area (Å²) in [7, 11) is 0. The maximum Gasteiger partial charge on any atom is 0.404 e. The van der Waals surface area contributed by atoms with Crippen LogP contribution in [0.15, 0.2) is 41.3 Å². The molecule has 0 bridgehead atoms. The lowest BCUT2D eigenvalue weighted by Gasteiger charge is -2.35. The molecule has 8 heteroatoms. The smallest absolute Gasteiger partial charge is 0.404 e. The fourth-order valence-electron chi connectivity index (χ4n) is 3.53. The van der Waals surface area contributed by atoms with Crippen molar-refractivity contribution in [1.82, 2.24) is 25.1 Å². The van der Waals surface area contributed by atoms with E-state index >= 15 is 0 Å². The Bertz CT molecular complexity index is 968. The molecule has 2 aromatic heterocycles. The van der Waals surface area contributed by atoms with Gasteiger partial charge in [0.2, 0.25) is 0 Å². The van der Waals surface area contributed by atoms with Gasteiger partial charge in [0.05, 0.1) is 35.2 Å². The van der Waals surface area contributed by atoms with Gasteiger partial charge in [0.15, 0.2) is 0 Å². The molecule has 140 valence electrons. The number of nitrogens with one attached hydrogen (secondary N) is 1. The minimum Gasteiger partial charge on any atom is -0.465 e. The summed E-state index contributed by atoms with van der Waals surface area (Å²) in [5, 5.41) is 15.5. The number of aromatic nitrogens is 4. The number of amides is 1. The summed E-state index contributed by atoms with van der Waals surface area (Å²) in [5.41, 5.74) is 3.52. The van der Waals surface area contributed by atoms with E-state index in [0.29, 0.717) is 18.5 Å². The summed E-state index contributed by atoms with van der Waals surface area (Å²) >= 11 is 3.47. The molecule has 0 aliphatic heterocycles. The quantitative estimate of drug-likeness (QED) is 0.571. The number of hydrogen-bond acceptors (Lipinski definition) is 4. The van der Waals surface area contributed by atoms with E-state index in [9.17, 15) is 4.79 Å².